The van der Waals surface area contributed by atoms with Crippen LogP contribution in [0.15, 0.2) is 24.3 Å². The van der Waals surface area contributed by atoms with Crippen LogP contribution in [0, 0.1) is 0 Å². The van der Waals surface area contributed by atoms with Gasteiger partial charge in [-0.25, -0.2) is 9.78 Å². The van der Waals surface area contributed by atoms with E-state index in [0.717, 1.165) is 17.6 Å². The molecule has 4 nitrogen and oxygen atoms in total. The first-order valence-electron chi connectivity index (χ1n) is 6.92. The summed E-state index contributed by atoms with van der Waals surface area (Å²) in [6.07, 6.45) is 0.779. The van der Waals surface area contributed by atoms with Crippen molar-refractivity contribution in [2.45, 2.75) is 78.8 Å². The molecule has 0 N–H and O–H groups in total. The molecule has 0 aromatic carbocycles. The van der Waals surface area contributed by atoms with Gasteiger partial charge in [0, 0.05) is 0 Å². The molecule has 0 rings (SSSR count). The summed E-state index contributed by atoms with van der Waals surface area (Å²) >= 11 is 0. The maximum Gasteiger partial charge on any atom is 0.245 e. The fourth-order valence-electron chi connectivity index (χ4n) is 1.02. The van der Waals surface area contributed by atoms with Crippen LogP contribution >= 0.6 is 0 Å². The minimum Gasteiger partial charge on any atom is -0.228 e. The number of allylic oxidation sites excluding steroid dienone is 1. The van der Waals surface area contributed by atoms with Gasteiger partial charge >= 0.3 is 0 Å². The molecule has 0 radical (unpaired) electrons. The number of hydrogen-bond acceptors (Lipinski definition) is 4. The van der Waals surface area contributed by atoms with E-state index in [1.54, 1.807) is 0 Å². The normalized spacial score (nSPS) is 12.8. The SMILES string of the molecule is C=C(C)CCC(=C)C(OOC(C)(C)C)OOC(C)(C)C. The van der Waals surface area contributed by atoms with E-state index in [9.17, 15) is 0 Å². The van der Waals surface area contributed by atoms with Crippen molar-refractivity contribution < 1.29 is 19.6 Å². The number of hydrogen-bond donors (Lipinski definition) is 0. The van der Waals surface area contributed by atoms with E-state index < -0.39 is 17.5 Å². The third kappa shape index (κ3) is 11.2. The van der Waals surface area contributed by atoms with Crippen LogP contribution in [0.5, 0.6) is 0 Å². The van der Waals surface area contributed by atoms with Gasteiger partial charge in [-0.3, -0.25) is 0 Å². The molecule has 0 aromatic heterocycles. The summed E-state index contributed by atoms with van der Waals surface area (Å²) in [4.78, 5) is 21.2. The maximum absolute atomic E-state index is 5.32. The lowest BCUT2D eigenvalue weighted by atomic mass is 10.1. The summed E-state index contributed by atoms with van der Waals surface area (Å²) in [7, 11) is 0. The average molecular weight is 286 g/mol. The molecule has 0 aliphatic heterocycles. The molecule has 0 saturated carbocycles. The van der Waals surface area contributed by atoms with Crippen LogP contribution in [0.4, 0.5) is 0 Å². The Morgan fingerprint density at radius 2 is 1.25 bits per heavy atom. The molecule has 0 heterocycles. The lowest BCUT2D eigenvalue weighted by Gasteiger charge is -2.26. The Bertz CT molecular complexity index is 302. The van der Waals surface area contributed by atoms with Crippen LogP contribution < -0.4 is 0 Å². The molecule has 0 fully saturated rings. The second kappa shape index (κ2) is 7.93. The fourth-order valence-corrected chi connectivity index (χ4v) is 1.02. The zero-order valence-corrected chi connectivity index (χ0v) is 14.0. The van der Waals surface area contributed by atoms with E-state index in [4.69, 9.17) is 19.6 Å². The van der Waals surface area contributed by atoms with Gasteiger partial charge in [0.05, 0.1) is 11.2 Å². The molecule has 0 aliphatic rings. The van der Waals surface area contributed by atoms with Crippen molar-refractivity contribution in [3.63, 3.8) is 0 Å². The Balaban J connectivity index is 4.52. The van der Waals surface area contributed by atoms with E-state index in [-0.39, 0.29) is 0 Å². The van der Waals surface area contributed by atoms with Crippen molar-refractivity contribution in [3.05, 3.63) is 24.3 Å². The minimum atomic E-state index is -0.757. The summed E-state index contributed by atoms with van der Waals surface area (Å²) < 4.78 is 0. The quantitative estimate of drug-likeness (QED) is 0.280. The molecule has 0 bridgehead atoms. The number of rotatable bonds is 8. The summed E-state index contributed by atoms with van der Waals surface area (Å²) in [6, 6.07) is 0. The highest BCUT2D eigenvalue weighted by Crippen LogP contribution is 2.21. The van der Waals surface area contributed by atoms with E-state index >= 15 is 0 Å². The van der Waals surface area contributed by atoms with Gasteiger partial charge in [-0.2, -0.15) is 9.78 Å². The predicted molar refractivity (Wildman–Crippen MR) is 80.8 cm³/mol. The van der Waals surface area contributed by atoms with Crippen LogP contribution in [0.1, 0.15) is 61.3 Å². The average Bonchev–Trinajstić information content (AvgIpc) is 2.22. The zero-order valence-electron chi connectivity index (χ0n) is 14.0. The van der Waals surface area contributed by atoms with Crippen LogP contribution in [-0.2, 0) is 19.6 Å². The third-order valence-corrected chi connectivity index (χ3v) is 1.98. The lowest BCUT2D eigenvalue weighted by molar-refractivity contribution is -0.487. The van der Waals surface area contributed by atoms with Gasteiger partial charge in [0.1, 0.15) is 0 Å². The predicted octanol–water partition coefficient (Wildman–Crippen LogP) is 4.72. The molecule has 118 valence electrons. The van der Waals surface area contributed by atoms with Crippen molar-refractivity contribution >= 4 is 0 Å². The van der Waals surface area contributed by atoms with Gasteiger partial charge in [-0.15, -0.1) is 6.58 Å². The molecular formula is C16H30O4. The molecule has 0 saturated heterocycles. The first-order chi connectivity index (χ1) is 8.91. The van der Waals surface area contributed by atoms with Crippen LogP contribution in [0.3, 0.4) is 0 Å². The van der Waals surface area contributed by atoms with E-state index in [1.165, 1.54) is 0 Å². The second-order valence-corrected chi connectivity index (χ2v) is 7.03. The Labute approximate surface area is 123 Å². The van der Waals surface area contributed by atoms with Crippen molar-refractivity contribution in [1.29, 1.82) is 0 Å². The molecule has 0 spiro atoms. The molecule has 0 unspecified atom stereocenters. The highest BCUT2D eigenvalue weighted by atomic mass is 17.3. The molecule has 0 amide bonds. The molecule has 20 heavy (non-hydrogen) atoms. The Morgan fingerprint density at radius 1 is 0.850 bits per heavy atom. The van der Waals surface area contributed by atoms with Gasteiger partial charge in [0.25, 0.3) is 0 Å². The van der Waals surface area contributed by atoms with Crippen LogP contribution in [-0.4, -0.2) is 17.5 Å². The lowest BCUT2D eigenvalue weighted by Crippen LogP contribution is -2.30. The zero-order chi connectivity index (χ0) is 16.0. The standard InChI is InChI=1S/C16H30O4/c1-12(2)10-11-13(3)14(17-19-15(4,5)6)18-20-16(7,8)9/h14H,1,3,10-11H2,2,4-9H3. The molecule has 0 aromatic rings. The minimum absolute atomic E-state index is 0.433. The van der Waals surface area contributed by atoms with Crippen molar-refractivity contribution in [1.82, 2.24) is 0 Å². The smallest absolute Gasteiger partial charge is 0.228 e. The van der Waals surface area contributed by atoms with Crippen molar-refractivity contribution in [3.8, 4) is 0 Å². The molecule has 4 heteroatoms. The largest absolute Gasteiger partial charge is 0.245 e. The second-order valence-electron chi connectivity index (χ2n) is 7.03. The molecular weight excluding hydrogens is 256 g/mol. The van der Waals surface area contributed by atoms with Gasteiger partial charge in [-0.05, 0) is 66.9 Å². The molecule has 0 aliphatic carbocycles. The molecule has 0 atom stereocenters. The van der Waals surface area contributed by atoms with Crippen LogP contribution in [0.2, 0.25) is 0 Å². The Kier molecular flexibility index (Phi) is 7.66. The van der Waals surface area contributed by atoms with Gasteiger partial charge in [-0.1, -0.05) is 12.2 Å². The monoisotopic (exact) mass is 286 g/mol. The van der Waals surface area contributed by atoms with Crippen molar-refractivity contribution in [2.24, 2.45) is 0 Å². The highest BCUT2D eigenvalue weighted by Gasteiger charge is 2.23. The van der Waals surface area contributed by atoms with Crippen molar-refractivity contribution in [2.75, 3.05) is 0 Å². The topological polar surface area (TPSA) is 36.9 Å². The first-order valence-corrected chi connectivity index (χ1v) is 6.92. The Hall–Kier alpha value is -0.680. The van der Waals surface area contributed by atoms with Crippen LogP contribution in [0.25, 0.3) is 0 Å². The maximum atomic E-state index is 5.32. The fraction of sp³-hybridized carbons (Fsp3) is 0.750. The summed E-state index contributed by atoms with van der Waals surface area (Å²) in [5, 5.41) is 0. The Morgan fingerprint density at radius 3 is 1.55 bits per heavy atom. The summed E-state index contributed by atoms with van der Waals surface area (Å²) in [6.45, 7) is 21.2. The third-order valence-electron chi connectivity index (χ3n) is 1.98. The van der Waals surface area contributed by atoms with Gasteiger partial charge in [0.15, 0.2) is 0 Å². The first kappa shape index (κ1) is 19.3. The van der Waals surface area contributed by atoms with E-state index in [1.807, 2.05) is 48.5 Å². The summed E-state index contributed by atoms with van der Waals surface area (Å²) in [5.41, 5.74) is 0.968. The van der Waals surface area contributed by atoms with E-state index in [0.29, 0.717) is 6.42 Å². The van der Waals surface area contributed by atoms with Gasteiger partial charge in [0.2, 0.25) is 6.29 Å². The summed E-state index contributed by atoms with van der Waals surface area (Å²) in [5.74, 6) is 0. The highest BCUT2D eigenvalue weighted by molar-refractivity contribution is 5.02. The van der Waals surface area contributed by atoms with E-state index in [2.05, 4.69) is 13.2 Å². The van der Waals surface area contributed by atoms with Gasteiger partial charge < -0.3 is 0 Å².